The van der Waals surface area contributed by atoms with Crippen molar-refractivity contribution in [1.82, 2.24) is 0 Å². The predicted octanol–water partition coefficient (Wildman–Crippen LogP) is 4.40. The van der Waals surface area contributed by atoms with Gasteiger partial charge in [-0.05, 0) is 50.6 Å². The molecule has 2 rings (SSSR count). The van der Waals surface area contributed by atoms with Crippen LogP contribution in [0, 0.1) is 6.92 Å². The summed E-state index contributed by atoms with van der Waals surface area (Å²) in [6.07, 6.45) is 0. The van der Waals surface area contributed by atoms with E-state index >= 15 is 0 Å². The molecule has 0 aliphatic rings. The van der Waals surface area contributed by atoms with Gasteiger partial charge in [-0.15, -0.1) is 0 Å². The summed E-state index contributed by atoms with van der Waals surface area (Å²) in [5, 5.41) is 3.41. The Morgan fingerprint density at radius 1 is 0.857 bits per heavy atom. The number of anilines is 1. The van der Waals surface area contributed by atoms with Crippen molar-refractivity contribution in [3.63, 3.8) is 0 Å². The number of hydrogen-bond donors (Lipinski definition) is 1. The van der Waals surface area contributed by atoms with Gasteiger partial charge < -0.3 is 14.8 Å². The quantitative estimate of drug-likeness (QED) is 0.817. The zero-order valence-electron chi connectivity index (χ0n) is 13.0. The summed E-state index contributed by atoms with van der Waals surface area (Å²) in [5.74, 6) is 1.61. The molecule has 0 bridgehead atoms. The van der Waals surface area contributed by atoms with Gasteiger partial charge in [0.05, 0.1) is 13.2 Å². The van der Waals surface area contributed by atoms with Crippen molar-refractivity contribution in [3.8, 4) is 11.5 Å². The molecule has 0 aliphatic carbocycles. The second-order valence-electron chi connectivity index (χ2n) is 4.87. The average Bonchev–Trinajstić information content (AvgIpc) is 2.49. The van der Waals surface area contributed by atoms with Crippen LogP contribution in [0.2, 0.25) is 0 Å². The first kappa shape index (κ1) is 15.2. The highest BCUT2D eigenvalue weighted by Gasteiger charge is 2.06. The molecule has 0 heterocycles. The van der Waals surface area contributed by atoms with E-state index in [1.165, 1.54) is 11.1 Å². The zero-order chi connectivity index (χ0) is 15.1. The summed E-state index contributed by atoms with van der Waals surface area (Å²) in [5.41, 5.74) is 3.55. The second-order valence-corrected chi connectivity index (χ2v) is 4.87. The summed E-state index contributed by atoms with van der Waals surface area (Å²) in [6.45, 7) is 8.08. The van der Waals surface area contributed by atoms with Gasteiger partial charge in [-0.3, -0.25) is 0 Å². The van der Waals surface area contributed by atoms with E-state index < -0.39 is 0 Å². The summed E-state index contributed by atoms with van der Waals surface area (Å²) >= 11 is 0. The van der Waals surface area contributed by atoms with Crippen LogP contribution in [0.4, 0.5) is 5.69 Å². The monoisotopic (exact) mass is 285 g/mol. The molecule has 0 aliphatic heterocycles. The molecule has 3 nitrogen and oxygen atoms in total. The highest BCUT2D eigenvalue weighted by molar-refractivity contribution is 5.47. The van der Waals surface area contributed by atoms with Crippen molar-refractivity contribution in [2.24, 2.45) is 0 Å². The normalized spacial score (nSPS) is 10.2. The fourth-order valence-corrected chi connectivity index (χ4v) is 2.08. The number of rotatable bonds is 7. The molecule has 0 radical (unpaired) electrons. The third-order valence-electron chi connectivity index (χ3n) is 3.16. The van der Waals surface area contributed by atoms with Crippen LogP contribution in [-0.4, -0.2) is 13.2 Å². The van der Waals surface area contributed by atoms with Crippen LogP contribution in [0.1, 0.15) is 25.0 Å². The van der Waals surface area contributed by atoms with Gasteiger partial charge in [0, 0.05) is 12.2 Å². The molecule has 2 aromatic rings. The Labute approximate surface area is 126 Å². The molecule has 2 aromatic carbocycles. The van der Waals surface area contributed by atoms with Crippen LogP contribution in [0.3, 0.4) is 0 Å². The number of nitrogens with one attached hydrogen (secondary N) is 1. The Morgan fingerprint density at radius 2 is 1.52 bits per heavy atom. The summed E-state index contributed by atoms with van der Waals surface area (Å²) < 4.78 is 11.2. The molecule has 0 spiro atoms. The lowest BCUT2D eigenvalue weighted by Gasteiger charge is -2.13. The predicted molar refractivity (Wildman–Crippen MR) is 87.3 cm³/mol. The van der Waals surface area contributed by atoms with Gasteiger partial charge >= 0.3 is 0 Å². The van der Waals surface area contributed by atoms with Crippen LogP contribution in [0.5, 0.6) is 11.5 Å². The van der Waals surface area contributed by atoms with E-state index in [1.807, 2.05) is 26.0 Å². The van der Waals surface area contributed by atoms with Crippen molar-refractivity contribution in [2.45, 2.75) is 27.3 Å². The van der Waals surface area contributed by atoms with Crippen LogP contribution in [0.15, 0.2) is 42.5 Å². The van der Waals surface area contributed by atoms with Gasteiger partial charge in [-0.25, -0.2) is 0 Å². The van der Waals surface area contributed by atoms with Gasteiger partial charge in [0.2, 0.25) is 0 Å². The molecule has 0 aromatic heterocycles. The summed E-state index contributed by atoms with van der Waals surface area (Å²) in [4.78, 5) is 0. The van der Waals surface area contributed by atoms with Gasteiger partial charge in [0.15, 0.2) is 11.5 Å². The first-order chi connectivity index (χ1) is 10.2. The molecule has 0 saturated carbocycles. The fraction of sp³-hybridized carbons (Fsp3) is 0.333. The molecule has 0 amide bonds. The van der Waals surface area contributed by atoms with Crippen molar-refractivity contribution in [2.75, 3.05) is 18.5 Å². The number of aryl methyl sites for hydroxylation is 1. The lowest BCUT2D eigenvalue weighted by atomic mass is 10.2. The maximum Gasteiger partial charge on any atom is 0.161 e. The Bertz CT molecular complexity index is 564. The number of ether oxygens (including phenoxy) is 2. The van der Waals surface area contributed by atoms with Crippen molar-refractivity contribution in [3.05, 3.63) is 53.6 Å². The van der Waals surface area contributed by atoms with Crippen molar-refractivity contribution in [1.29, 1.82) is 0 Å². The molecule has 21 heavy (non-hydrogen) atoms. The smallest absolute Gasteiger partial charge is 0.161 e. The first-order valence-corrected chi connectivity index (χ1v) is 7.42. The Kier molecular flexibility index (Phi) is 5.50. The Morgan fingerprint density at radius 3 is 2.19 bits per heavy atom. The van der Waals surface area contributed by atoms with Gasteiger partial charge in [0.1, 0.15) is 0 Å². The number of benzene rings is 2. The molecule has 0 fully saturated rings. The van der Waals surface area contributed by atoms with E-state index in [0.29, 0.717) is 13.2 Å². The lowest BCUT2D eigenvalue weighted by Crippen LogP contribution is -2.02. The maximum atomic E-state index is 5.65. The summed E-state index contributed by atoms with van der Waals surface area (Å²) in [7, 11) is 0. The third kappa shape index (κ3) is 4.42. The average molecular weight is 285 g/mol. The van der Waals surface area contributed by atoms with E-state index in [9.17, 15) is 0 Å². The van der Waals surface area contributed by atoms with Gasteiger partial charge in [-0.1, -0.05) is 23.8 Å². The zero-order valence-corrected chi connectivity index (χ0v) is 13.0. The minimum Gasteiger partial charge on any atom is -0.490 e. The standard InChI is InChI=1S/C18H23NO2/c1-4-20-17-11-8-15(12-18(17)21-5-2)13-19-16-9-6-14(3)7-10-16/h6-12,19H,4-5,13H2,1-3H3. The largest absolute Gasteiger partial charge is 0.490 e. The van der Waals surface area contributed by atoms with Crippen molar-refractivity contribution >= 4 is 5.69 Å². The summed E-state index contributed by atoms with van der Waals surface area (Å²) in [6, 6.07) is 14.5. The van der Waals surface area contributed by atoms with Crippen LogP contribution >= 0.6 is 0 Å². The third-order valence-corrected chi connectivity index (χ3v) is 3.16. The molecule has 0 atom stereocenters. The topological polar surface area (TPSA) is 30.5 Å². The SMILES string of the molecule is CCOc1ccc(CNc2ccc(C)cc2)cc1OCC. The first-order valence-electron chi connectivity index (χ1n) is 7.42. The molecular weight excluding hydrogens is 262 g/mol. The highest BCUT2D eigenvalue weighted by Crippen LogP contribution is 2.28. The minimum atomic E-state index is 0.634. The molecular formula is C18H23NO2. The van der Waals surface area contributed by atoms with Crippen molar-refractivity contribution < 1.29 is 9.47 Å². The van der Waals surface area contributed by atoms with E-state index in [2.05, 4.69) is 42.6 Å². The van der Waals surface area contributed by atoms with Crippen LogP contribution in [0.25, 0.3) is 0 Å². The van der Waals surface area contributed by atoms with Crippen LogP contribution in [-0.2, 0) is 6.54 Å². The van der Waals surface area contributed by atoms with E-state index in [-0.39, 0.29) is 0 Å². The second kappa shape index (κ2) is 7.58. The number of hydrogen-bond acceptors (Lipinski definition) is 3. The van der Waals surface area contributed by atoms with E-state index in [0.717, 1.165) is 23.7 Å². The van der Waals surface area contributed by atoms with Gasteiger partial charge in [-0.2, -0.15) is 0 Å². The molecule has 0 unspecified atom stereocenters. The molecule has 112 valence electrons. The molecule has 1 N–H and O–H groups in total. The van der Waals surface area contributed by atoms with Gasteiger partial charge in [0.25, 0.3) is 0 Å². The highest BCUT2D eigenvalue weighted by atomic mass is 16.5. The van der Waals surface area contributed by atoms with Crippen LogP contribution < -0.4 is 14.8 Å². The maximum absolute atomic E-state index is 5.65. The minimum absolute atomic E-state index is 0.634. The molecule has 3 heteroatoms. The molecule has 0 saturated heterocycles. The fourth-order valence-electron chi connectivity index (χ4n) is 2.08. The van der Waals surface area contributed by atoms with E-state index in [4.69, 9.17) is 9.47 Å². The Hall–Kier alpha value is -2.16. The van der Waals surface area contributed by atoms with E-state index in [1.54, 1.807) is 0 Å². The lowest BCUT2D eigenvalue weighted by molar-refractivity contribution is 0.287. The Balaban J connectivity index is 2.05.